The number of aromatic nitrogens is 1. The van der Waals surface area contributed by atoms with Crippen LogP contribution >= 0.6 is 22.9 Å². The number of halogens is 4. The van der Waals surface area contributed by atoms with Gasteiger partial charge in [-0.1, -0.05) is 35.1 Å². The maximum absolute atomic E-state index is 12.6. The van der Waals surface area contributed by atoms with Gasteiger partial charge < -0.3 is 10.1 Å². The van der Waals surface area contributed by atoms with Gasteiger partial charge in [0, 0.05) is 12.2 Å². The van der Waals surface area contributed by atoms with E-state index in [0.29, 0.717) is 28.2 Å². The summed E-state index contributed by atoms with van der Waals surface area (Å²) in [4.78, 5) is 16.5. The molecule has 0 saturated heterocycles. The average Bonchev–Trinajstić information content (AvgIpc) is 3.13. The molecule has 2 aromatic carbocycles. The second-order valence-corrected chi connectivity index (χ2v) is 9.09. The first-order valence-electron chi connectivity index (χ1n) is 9.65. The van der Waals surface area contributed by atoms with E-state index in [1.54, 1.807) is 38.1 Å². The quantitative estimate of drug-likeness (QED) is 0.396. The molecule has 1 heterocycles. The molecular weight excluding hydrogens is 463 g/mol. The van der Waals surface area contributed by atoms with Crippen LogP contribution in [0.3, 0.4) is 0 Å². The molecule has 0 fully saturated rings. The summed E-state index contributed by atoms with van der Waals surface area (Å²) in [5.74, 6) is 0.151. The van der Waals surface area contributed by atoms with Crippen LogP contribution in [0.25, 0.3) is 0 Å². The highest BCUT2D eigenvalue weighted by Gasteiger charge is 2.31. The van der Waals surface area contributed by atoms with Crippen molar-refractivity contribution in [2.45, 2.75) is 32.0 Å². The number of nitrogens with one attached hydrogen (secondary N) is 2. The van der Waals surface area contributed by atoms with E-state index >= 15 is 0 Å². The molecule has 5 nitrogen and oxygen atoms in total. The molecule has 0 saturated carbocycles. The molecule has 10 heteroatoms. The maximum atomic E-state index is 12.6. The number of alkyl halides is 3. The summed E-state index contributed by atoms with van der Waals surface area (Å²) in [6.45, 7) is 3.84. The number of thiazole rings is 1. The van der Waals surface area contributed by atoms with Gasteiger partial charge in [0.1, 0.15) is 10.1 Å². The van der Waals surface area contributed by atoms with Crippen LogP contribution in [0.2, 0.25) is 4.34 Å². The minimum Gasteiger partial charge on any atom is -0.478 e. The molecule has 0 spiro atoms. The van der Waals surface area contributed by atoms with Crippen LogP contribution in [0.5, 0.6) is 5.75 Å². The third-order valence-corrected chi connectivity index (χ3v) is 5.53. The highest BCUT2D eigenvalue weighted by Crippen LogP contribution is 2.29. The Balaban J connectivity index is 1.49. The number of amides is 1. The van der Waals surface area contributed by atoms with Gasteiger partial charge in [-0.2, -0.15) is 13.2 Å². The lowest BCUT2D eigenvalue weighted by Gasteiger charge is -2.24. The molecule has 0 aliphatic rings. The van der Waals surface area contributed by atoms with Gasteiger partial charge in [-0.25, -0.2) is 4.98 Å². The zero-order chi connectivity index (χ0) is 23.4. The Kier molecular flexibility index (Phi) is 7.30. The summed E-state index contributed by atoms with van der Waals surface area (Å²) in [6.07, 6.45) is -2.30. The van der Waals surface area contributed by atoms with Crippen molar-refractivity contribution in [1.82, 2.24) is 4.98 Å². The number of benzene rings is 2. The van der Waals surface area contributed by atoms with Gasteiger partial charge in [0.15, 0.2) is 10.7 Å². The average molecular weight is 484 g/mol. The zero-order valence-electron chi connectivity index (χ0n) is 17.3. The molecule has 0 aliphatic heterocycles. The van der Waals surface area contributed by atoms with Crippen molar-refractivity contribution >= 4 is 39.7 Å². The fourth-order valence-electron chi connectivity index (χ4n) is 2.75. The summed E-state index contributed by atoms with van der Waals surface area (Å²) in [5.41, 5.74) is -0.170. The Hall–Kier alpha value is -2.78. The minimum absolute atomic E-state index is 0.359. The molecule has 0 atom stereocenters. The van der Waals surface area contributed by atoms with E-state index in [-0.39, 0.29) is 5.91 Å². The number of anilines is 2. The second kappa shape index (κ2) is 9.79. The molecule has 170 valence electrons. The fraction of sp³-hybridized carbons (Fsp3) is 0.273. The van der Waals surface area contributed by atoms with Crippen molar-refractivity contribution in [2.24, 2.45) is 0 Å². The molecule has 2 N–H and O–H groups in total. The maximum Gasteiger partial charge on any atom is 0.416 e. The van der Waals surface area contributed by atoms with Gasteiger partial charge in [-0.05, 0) is 62.2 Å². The number of carbonyl (C=O) groups excluding carboxylic acids is 1. The highest BCUT2D eigenvalue weighted by molar-refractivity contribution is 7.19. The zero-order valence-corrected chi connectivity index (χ0v) is 18.9. The second-order valence-electron chi connectivity index (χ2n) is 7.43. The third kappa shape index (κ3) is 6.61. The molecule has 3 rings (SSSR count). The fourth-order valence-corrected chi connectivity index (χ4v) is 3.56. The lowest BCUT2D eigenvalue weighted by Crippen LogP contribution is -2.42. The predicted molar refractivity (Wildman–Crippen MR) is 121 cm³/mol. The lowest BCUT2D eigenvalue weighted by molar-refractivity contribution is -0.137. The van der Waals surface area contributed by atoms with Gasteiger partial charge in [-0.15, -0.1) is 0 Å². The highest BCUT2D eigenvalue weighted by atomic mass is 35.5. The summed E-state index contributed by atoms with van der Waals surface area (Å²) in [5, 5.41) is 6.28. The Morgan fingerprint density at radius 2 is 1.75 bits per heavy atom. The molecule has 0 unspecified atom stereocenters. The normalized spacial score (nSPS) is 11.8. The van der Waals surface area contributed by atoms with Crippen molar-refractivity contribution < 1.29 is 22.7 Å². The first-order chi connectivity index (χ1) is 15.0. The van der Waals surface area contributed by atoms with E-state index in [0.717, 1.165) is 34.7 Å². The molecule has 1 amide bonds. The van der Waals surface area contributed by atoms with E-state index in [9.17, 15) is 18.0 Å². The predicted octanol–water partition coefficient (Wildman–Crippen LogP) is 6.27. The number of ether oxygens (including phenoxy) is 1. The smallest absolute Gasteiger partial charge is 0.416 e. The SMILES string of the molecule is CC(C)(Oc1ccc(NCCc2ccc(C(F)(F)F)cc2)cc1)C(=O)Nc1ncc(Cl)s1. The summed E-state index contributed by atoms with van der Waals surface area (Å²) < 4.78 is 44.2. The van der Waals surface area contributed by atoms with Crippen molar-refractivity contribution in [3.8, 4) is 5.75 Å². The van der Waals surface area contributed by atoms with Gasteiger partial charge in [0.05, 0.1) is 11.8 Å². The van der Waals surface area contributed by atoms with Crippen LogP contribution in [-0.2, 0) is 17.4 Å². The Morgan fingerprint density at radius 1 is 1.09 bits per heavy atom. The molecule has 1 aromatic heterocycles. The van der Waals surface area contributed by atoms with Gasteiger partial charge >= 0.3 is 6.18 Å². The topological polar surface area (TPSA) is 63.2 Å². The number of nitrogens with zero attached hydrogens (tertiary/aromatic N) is 1. The van der Waals surface area contributed by atoms with Gasteiger partial charge in [0.2, 0.25) is 0 Å². The standard InChI is InChI=1S/C22H21ClF3N3O2S/c1-21(2,19(30)29-20-28-13-18(23)32-20)31-17-9-7-16(8-10-17)27-12-11-14-3-5-15(6-4-14)22(24,25)26/h3-10,13,27H,11-12H2,1-2H3,(H,28,29,30). The lowest BCUT2D eigenvalue weighted by atomic mass is 10.1. The Bertz CT molecular complexity index is 1050. The first-order valence-corrected chi connectivity index (χ1v) is 10.8. The largest absolute Gasteiger partial charge is 0.478 e. The van der Waals surface area contributed by atoms with Crippen molar-refractivity contribution in [2.75, 3.05) is 17.2 Å². The number of hydrogen-bond acceptors (Lipinski definition) is 5. The molecular formula is C22H21ClF3N3O2S. The van der Waals surface area contributed by atoms with Gasteiger partial charge in [0.25, 0.3) is 5.91 Å². The monoisotopic (exact) mass is 483 g/mol. The minimum atomic E-state index is -4.33. The number of hydrogen-bond donors (Lipinski definition) is 2. The molecule has 0 aliphatic carbocycles. The van der Waals surface area contributed by atoms with Gasteiger partial charge in [-0.3, -0.25) is 10.1 Å². The van der Waals surface area contributed by atoms with Crippen LogP contribution in [0.15, 0.2) is 54.7 Å². The van der Waals surface area contributed by atoms with Crippen molar-refractivity contribution in [3.63, 3.8) is 0 Å². The van der Waals surface area contributed by atoms with Crippen LogP contribution in [0.1, 0.15) is 25.0 Å². The molecule has 32 heavy (non-hydrogen) atoms. The van der Waals surface area contributed by atoms with E-state index in [1.165, 1.54) is 18.3 Å². The van der Waals surface area contributed by atoms with Crippen LogP contribution < -0.4 is 15.4 Å². The van der Waals surface area contributed by atoms with Crippen molar-refractivity contribution in [1.29, 1.82) is 0 Å². The van der Waals surface area contributed by atoms with E-state index in [1.807, 2.05) is 0 Å². The Labute approximate surface area is 192 Å². The number of rotatable bonds is 8. The van der Waals surface area contributed by atoms with E-state index in [2.05, 4.69) is 15.6 Å². The van der Waals surface area contributed by atoms with Crippen molar-refractivity contribution in [3.05, 3.63) is 70.2 Å². The molecule has 0 bridgehead atoms. The Morgan fingerprint density at radius 3 is 2.31 bits per heavy atom. The number of carbonyl (C=O) groups is 1. The summed E-state index contributed by atoms with van der Waals surface area (Å²) in [7, 11) is 0. The third-order valence-electron chi connectivity index (χ3n) is 4.50. The van der Waals surface area contributed by atoms with E-state index in [4.69, 9.17) is 16.3 Å². The molecule has 0 radical (unpaired) electrons. The van der Waals surface area contributed by atoms with Crippen LogP contribution in [0.4, 0.5) is 24.0 Å². The molecule has 3 aromatic rings. The van der Waals surface area contributed by atoms with E-state index < -0.39 is 17.3 Å². The summed E-state index contributed by atoms with van der Waals surface area (Å²) >= 11 is 6.98. The van der Waals surface area contributed by atoms with Crippen LogP contribution in [-0.4, -0.2) is 23.0 Å². The summed E-state index contributed by atoms with van der Waals surface area (Å²) in [6, 6.07) is 12.2. The van der Waals surface area contributed by atoms with Crippen LogP contribution in [0, 0.1) is 0 Å². The first kappa shape index (κ1) is 23.9.